The first-order chi connectivity index (χ1) is 9.63. The van der Waals surface area contributed by atoms with Crippen molar-refractivity contribution in [1.29, 1.82) is 0 Å². The van der Waals surface area contributed by atoms with Crippen LogP contribution < -0.4 is 14.8 Å². The van der Waals surface area contributed by atoms with E-state index in [-0.39, 0.29) is 6.04 Å². The molecule has 0 amide bonds. The Labute approximate surface area is 128 Å². The molecule has 0 heterocycles. The van der Waals surface area contributed by atoms with Crippen molar-refractivity contribution in [3.05, 3.63) is 52.5 Å². The van der Waals surface area contributed by atoms with Crippen molar-refractivity contribution in [2.24, 2.45) is 0 Å². The first kappa shape index (κ1) is 14.7. The van der Waals surface area contributed by atoms with Crippen LogP contribution in [-0.4, -0.2) is 14.2 Å². The maximum atomic E-state index is 5.25. The van der Waals surface area contributed by atoms with E-state index >= 15 is 0 Å². The average Bonchev–Trinajstić information content (AvgIpc) is 2.47. The Morgan fingerprint density at radius 2 is 1.85 bits per heavy atom. The van der Waals surface area contributed by atoms with Crippen LogP contribution in [0.1, 0.15) is 18.5 Å². The predicted octanol–water partition coefficient (Wildman–Crippen LogP) is 4.64. The van der Waals surface area contributed by atoms with Gasteiger partial charge in [-0.1, -0.05) is 12.1 Å². The lowest BCUT2D eigenvalue weighted by Crippen LogP contribution is -2.06. The van der Waals surface area contributed by atoms with E-state index in [4.69, 9.17) is 9.47 Å². The van der Waals surface area contributed by atoms with E-state index in [0.717, 1.165) is 21.7 Å². The van der Waals surface area contributed by atoms with Crippen molar-refractivity contribution in [1.82, 2.24) is 0 Å². The molecular formula is C16H18BrNO2. The fourth-order valence-corrected chi connectivity index (χ4v) is 2.54. The van der Waals surface area contributed by atoms with Gasteiger partial charge in [-0.05, 0) is 58.7 Å². The second kappa shape index (κ2) is 6.66. The van der Waals surface area contributed by atoms with Gasteiger partial charge < -0.3 is 14.8 Å². The molecule has 0 aliphatic heterocycles. The lowest BCUT2D eigenvalue weighted by molar-refractivity contribution is 0.412. The normalized spacial score (nSPS) is 11.8. The minimum absolute atomic E-state index is 0.186. The predicted molar refractivity (Wildman–Crippen MR) is 85.7 cm³/mol. The number of methoxy groups -OCH3 is 2. The minimum Gasteiger partial charge on any atom is -0.497 e. The standard InChI is InChI=1S/C16H18BrNO2/c1-11(12-5-4-6-14(9-12)19-2)18-13-7-8-16(20-3)15(17)10-13/h4-11,18H,1-3H3. The second-order valence-corrected chi connectivity index (χ2v) is 5.35. The molecule has 0 spiro atoms. The Kier molecular flexibility index (Phi) is 4.90. The summed E-state index contributed by atoms with van der Waals surface area (Å²) < 4.78 is 11.4. The Hall–Kier alpha value is -1.68. The van der Waals surface area contributed by atoms with Crippen LogP contribution >= 0.6 is 15.9 Å². The zero-order valence-electron chi connectivity index (χ0n) is 11.8. The lowest BCUT2D eigenvalue weighted by Gasteiger charge is -2.17. The van der Waals surface area contributed by atoms with Crippen LogP contribution in [0.5, 0.6) is 11.5 Å². The van der Waals surface area contributed by atoms with Gasteiger partial charge in [0.25, 0.3) is 0 Å². The number of rotatable bonds is 5. The molecule has 2 aromatic carbocycles. The van der Waals surface area contributed by atoms with Gasteiger partial charge in [0, 0.05) is 11.7 Å². The summed E-state index contributed by atoms with van der Waals surface area (Å²) in [7, 11) is 3.34. The highest BCUT2D eigenvalue weighted by Gasteiger charge is 2.08. The maximum absolute atomic E-state index is 5.25. The molecule has 2 aromatic rings. The first-order valence-corrected chi connectivity index (χ1v) is 7.17. The molecule has 1 unspecified atom stereocenters. The summed E-state index contributed by atoms with van der Waals surface area (Å²) in [4.78, 5) is 0. The van der Waals surface area contributed by atoms with Gasteiger partial charge in [0.05, 0.1) is 18.7 Å². The smallest absolute Gasteiger partial charge is 0.133 e. The summed E-state index contributed by atoms with van der Waals surface area (Å²) in [5.41, 5.74) is 2.21. The van der Waals surface area contributed by atoms with Crippen molar-refractivity contribution in [3.8, 4) is 11.5 Å². The van der Waals surface area contributed by atoms with Crippen LogP contribution in [0.3, 0.4) is 0 Å². The highest BCUT2D eigenvalue weighted by Crippen LogP contribution is 2.30. The number of hydrogen-bond acceptors (Lipinski definition) is 3. The fraction of sp³-hybridized carbons (Fsp3) is 0.250. The van der Waals surface area contributed by atoms with Gasteiger partial charge in [-0.3, -0.25) is 0 Å². The third-order valence-corrected chi connectivity index (χ3v) is 3.75. The van der Waals surface area contributed by atoms with Crippen molar-refractivity contribution in [2.45, 2.75) is 13.0 Å². The van der Waals surface area contributed by atoms with E-state index in [9.17, 15) is 0 Å². The van der Waals surface area contributed by atoms with E-state index in [1.54, 1.807) is 14.2 Å². The number of hydrogen-bond donors (Lipinski definition) is 1. The molecule has 0 saturated carbocycles. The van der Waals surface area contributed by atoms with Crippen molar-refractivity contribution in [3.63, 3.8) is 0 Å². The third kappa shape index (κ3) is 3.45. The molecule has 106 valence electrons. The van der Waals surface area contributed by atoms with E-state index in [1.807, 2.05) is 36.4 Å². The van der Waals surface area contributed by atoms with E-state index in [2.05, 4.69) is 34.2 Å². The maximum Gasteiger partial charge on any atom is 0.133 e. The molecule has 0 bridgehead atoms. The quantitative estimate of drug-likeness (QED) is 0.863. The number of anilines is 1. The average molecular weight is 336 g/mol. The molecule has 0 saturated heterocycles. The minimum atomic E-state index is 0.186. The zero-order valence-corrected chi connectivity index (χ0v) is 13.4. The summed E-state index contributed by atoms with van der Waals surface area (Å²) in [5.74, 6) is 1.69. The number of ether oxygens (including phenoxy) is 2. The Bertz CT molecular complexity index is 586. The van der Waals surface area contributed by atoms with Crippen molar-refractivity contribution >= 4 is 21.6 Å². The monoisotopic (exact) mass is 335 g/mol. The second-order valence-electron chi connectivity index (χ2n) is 4.49. The van der Waals surface area contributed by atoms with Crippen LogP contribution in [0.25, 0.3) is 0 Å². The Morgan fingerprint density at radius 3 is 2.50 bits per heavy atom. The van der Waals surface area contributed by atoms with Crippen LogP contribution in [0.15, 0.2) is 46.9 Å². The number of halogens is 1. The van der Waals surface area contributed by atoms with Crippen molar-refractivity contribution in [2.75, 3.05) is 19.5 Å². The molecule has 1 N–H and O–H groups in total. The Balaban J connectivity index is 2.14. The molecule has 0 aliphatic rings. The summed E-state index contributed by atoms with van der Waals surface area (Å²) >= 11 is 3.49. The first-order valence-electron chi connectivity index (χ1n) is 6.38. The van der Waals surface area contributed by atoms with Gasteiger partial charge in [-0.2, -0.15) is 0 Å². The fourth-order valence-electron chi connectivity index (χ4n) is 2.00. The zero-order chi connectivity index (χ0) is 14.5. The summed E-state index contributed by atoms with van der Waals surface area (Å²) in [6.07, 6.45) is 0. The molecule has 3 nitrogen and oxygen atoms in total. The summed E-state index contributed by atoms with van der Waals surface area (Å²) in [6.45, 7) is 2.12. The number of benzene rings is 2. The van der Waals surface area contributed by atoms with Gasteiger partial charge in [0.15, 0.2) is 0 Å². The van der Waals surface area contributed by atoms with Crippen molar-refractivity contribution < 1.29 is 9.47 Å². The highest BCUT2D eigenvalue weighted by atomic mass is 79.9. The summed E-state index contributed by atoms with van der Waals surface area (Å²) in [6, 6.07) is 14.2. The molecular weight excluding hydrogens is 318 g/mol. The molecule has 4 heteroatoms. The number of nitrogens with one attached hydrogen (secondary N) is 1. The highest BCUT2D eigenvalue weighted by molar-refractivity contribution is 9.10. The van der Waals surface area contributed by atoms with Crippen LogP contribution in [0.2, 0.25) is 0 Å². The van der Waals surface area contributed by atoms with Crippen LogP contribution in [-0.2, 0) is 0 Å². The molecule has 20 heavy (non-hydrogen) atoms. The Morgan fingerprint density at radius 1 is 1.05 bits per heavy atom. The third-order valence-electron chi connectivity index (χ3n) is 3.13. The molecule has 0 aliphatic carbocycles. The van der Waals surface area contributed by atoms with E-state index in [1.165, 1.54) is 5.56 Å². The lowest BCUT2D eigenvalue weighted by atomic mass is 10.1. The summed E-state index contributed by atoms with van der Waals surface area (Å²) in [5, 5.41) is 3.46. The molecule has 2 rings (SSSR count). The van der Waals surface area contributed by atoms with Crippen LogP contribution in [0, 0.1) is 0 Å². The van der Waals surface area contributed by atoms with Gasteiger partial charge >= 0.3 is 0 Å². The van der Waals surface area contributed by atoms with Gasteiger partial charge in [0.2, 0.25) is 0 Å². The molecule has 0 aromatic heterocycles. The van der Waals surface area contributed by atoms with Crippen LogP contribution in [0.4, 0.5) is 5.69 Å². The molecule has 0 fully saturated rings. The largest absolute Gasteiger partial charge is 0.497 e. The van der Waals surface area contributed by atoms with Gasteiger partial charge in [0.1, 0.15) is 11.5 Å². The molecule has 0 radical (unpaired) electrons. The topological polar surface area (TPSA) is 30.5 Å². The van der Waals surface area contributed by atoms with Gasteiger partial charge in [-0.15, -0.1) is 0 Å². The SMILES string of the molecule is COc1cccc(C(C)Nc2ccc(OC)c(Br)c2)c1. The van der Waals surface area contributed by atoms with Gasteiger partial charge in [-0.25, -0.2) is 0 Å². The van der Waals surface area contributed by atoms with E-state index < -0.39 is 0 Å². The van der Waals surface area contributed by atoms with E-state index in [0.29, 0.717) is 0 Å². The molecule has 1 atom stereocenters.